The van der Waals surface area contributed by atoms with Crippen LogP contribution in [-0.4, -0.2) is 9.55 Å². The Bertz CT molecular complexity index is 717. The molecule has 0 fully saturated rings. The molecule has 1 aromatic heterocycles. The van der Waals surface area contributed by atoms with Crippen LogP contribution in [0.1, 0.15) is 17.0 Å². The summed E-state index contributed by atoms with van der Waals surface area (Å²) >= 11 is 9.58. The van der Waals surface area contributed by atoms with Gasteiger partial charge in [-0.05, 0) is 29.3 Å². The molecular weight excluding hydrogens is 348 g/mol. The van der Waals surface area contributed by atoms with Crippen LogP contribution in [0.3, 0.4) is 0 Å². The van der Waals surface area contributed by atoms with Crippen molar-refractivity contribution in [1.29, 1.82) is 0 Å². The average Bonchev–Trinajstić information content (AvgIpc) is 2.86. The summed E-state index contributed by atoms with van der Waals surface area (Å²) < 4.78 is 3.16. The number of halogens is 2. The molecule has 2 nitrogen and oxygen atoms in total. The van der Waals surface area contributed by atoms with Crippen molar-refractivity contribution >= 4 is 27.5 Å². The molecule has 3 rings (SSSR count). The van der Waals surface area contributed by atoms with E-state index in [1.807, 2.05) is 30.6 Å². The van der Waals surface area contributed by atoms with Crippen LogP contribution in [0, 0.1) is 0 Å². The molecular formula is C17H14BrClN2. The summed E-state index contributed by atoms with van der Waals surface area (Å²) in [6, 6.07) is 16.3. The van der Waals surface area contributed by atoms with E-state index in [0.29, 0.717) is 0 Å². The molecule has 2 aromatic carbocycles. The van der Waals surface area contributed by atoms with Crippen LogP contribution < -0.4 is 0 Å². The summed E-state index contributed by atoms with van der Waals surface area (Å²) in [5, 5.41) is 0.737. The maximum atomic E-state index is 6.10. The first-order valence-electron chi connectivity index (χ1n) is 6.69. The van der Waals surface area contributed by atoms with Gasteiger partial charge in [0, 0.05) is 34.9 Å². The minimum atomic E-state index is 0.737. The smallest absolute Gasteiger partial charge is 0.113 e. The Morgan fingerprint density at radius 3 is 2.62 bits per heavy atom. The summed E-state index contributed by atoms with van der Waals surface area (Å²) in [6.45, 7) is 0.831. The molecule has 0 aliphatic carbocycles. The lowest BCUT2D eigenvalue weighted by Crippen LogP contribution is -2.05. The van der Waals surface area contributed by atoms with E-state index in [9.17, 15) is 0 Å². The first kappa shape index (κ1) is 14.4. The highest BCUT2D eigenvalue weighted by Crippen LogP contribution is 2.21. The number of imidazole rings is 1. The summed E-state index contributed by atoms with van der Waals surface area (Å²) in [6.07, 6.45) is 4.62. The number of benzene rings is 2. The van der Waals surface area contributed by atoms with Crippen LogP contribution in [0.4, 0.5) is 0 Å². The molecule has 0 amide bonds. The van der Waals surface area contributed by atoms with E-state index < -0.39 is 0 Å². The zero-order valence-electron chi connectivity index (χ0n) is 11.3. The SMILES string of the molecule is Clc1cc(Br)cc(Cc2nccn2Cc2ccccc2)c1. The molecule has 21 heavy (non-hydrogen) atoms. The first-order valence-corrected chi connectivity index (χ1v) is 7.87. The van der Waals surface area contributed by atoms with Crippen LogP contribution in [0.5, 0.6) is 0 Å². The average molecular weight is 362 g/mol. The number of aromatic nitrogens is 2. The molecule has 0 bridgehead atoms. The largest absolute Gasteiger partial charge is 0.330 e. The molecule has 1 heterocycles. The number of nitrogens with zero attached hydrogens (tertiary/aromatic N) is 2. The topological polar surface area (TPSA) is 17.8 Å². The van der Waals surface area contributed by atoms with Crippen molar-refractivity contribution in [3.8, 4) is 0 Å². The van der Waals surface area contributed by atoms with Gasteiger partial charge in [-0.2, -0.15) is 0 Å². The Labute approximate surface area is 137 Å². The van der Waals surface area contributed by atoms with E-state index in [0.717, 1.165) is 33.8 Å². The Morgan fingerprint density at radius 1 is 1.05 bits per heavy atom. The highest BCUT2D eigenvalue weighted by atomic mass is 79.9. The predicted molar refractivity (Wildman–Crippen MR) is 89.7 cm³/mol. The van der Waals surface area contributed by atoms with Crippen LogP contribution in [0.2, 0.25) is 5.02 Å². The second kappa shape index (κ2) is 6.46. The third-order valence-corrected chi connectivity index (χ3v) is 3.96. The molecule has 0 atom stereocenters. The first-order chi connectivity index (χ1) is 10.2. The number of hydrogen-bond acceptors (Lipinski definition) is 1. The normalized spacial score (nSPS) is 10.8. The fraction of sp³-hybridized carbons (Fsp3) is 0.118. The maximum absolute atomic E-state index is 6.10. The van der Waals surface area contributed by atoms with Gasteiger partial charge in [-0.3, -0.25) is 0 Å². The monoisotopic (exact) mass is 360 g/mol. The summed E-state index contributed by atoms with van der Waals surface area (Å²) in [4.78, 5) is 4.47. The summed E-state index contributed by atoms with van der Waals surface area (Å²) in [5.74, 6) is 1.04. The standard InChI is InChI=1S/C17H14BrClN2/c18-15-8-14(9-16(19)11-15)10-17-20-6-7-21(17)12-13-4-2-1-3-5-13/h1-9,11H,10,12H2. The van der Waals surface area contributed by atoms with Gasteiger partial charge in [-0.1, -0.05) is 57.9 Å². The molecule has 0 saturated carbocycles. The molecule has 0 radical (unpaired) electrons. The van der Waals surface area contributed by atoms with Crippen LogP contribution in [0.15, 0.2) is 65.4 Å². The van der Waals surface area contributed by atoms with Crippen LogP contribution >= 0.6 is 27.5 Å². The molecule has 3 aromatic rings. The minimum absolute atomic E-state index is 0.737. The van der Waals surface area contributed by atoms with Gasteiger partial charge in [0.25, 0.3) is 0 Å². The van der Waals surface area contributed by atoms with Gasteiger partial charge in [0.2, 0.25) is 0 Å². The Kier molecular flexibility index (Phi) is 4.42. The summed E-state index contributed by atoms with van der Waals surface area (Å²) in [7, 11) is 0. The van der Waals surface area contributed by atoms with Crippen molar-refractivity contribution in [2.75, 3.05) is 0 Å². The highest BCUT2D eigenvalue weighted by molar-refractivity contribution is 9.10. The summed E-state index contributed by atoms with van der Waals surface area (Å²) in [5.41, 5.74) is 2.42. The third kappa shape index (κ3) is 3.74. The van der Waals surface area contributed by atoms with Crippen molar-refractivity contribution in [3.05, 3.63) is 87.4 Å². The van der Waals surface area contributed by atoms with Gasteiger partial charge in [-0.25, -0.2) is 4.98 Å². The Balaban J connectivity index is 1.82. The maximum Gasteiger partial charge on any atom is 0.113 e. The molecule has 0 saturated heterocycles. The lowest BCUT2D eigenvalue weighted by molar-refractivity contribution is 0.740. The number of rotatable bonds is 4. The van der Waals surface area contributed by atoms with Crippen molar-refractivity contribution in [2.24, 2.45) is 0 Å². The highest BCUT2D eigenvalue weighted by Gasteiger charge is 2.06. The second-order valence-electron chi connectivity index (χ2n) is 4.91. The van der Waals surface area contributed by atoms with Gasteiger partial charge in [0.15, 0.2) is 0 Å². The molecule has 0 unspecified atom stereocenters. The van der Waals surface area contributed by atoms with Gasteiger partial charge >= 0.3 is 0 Å². The van der Waals surface area contributed by atoms with Gasteiger partial charge < -0.3 is 4.57 Å². The molecule has 0 N–H and O–H groups in total. The minimum Gasteiger partial charge on any atom is -0.330 e. The van der Waals surface area contributed by atoms with Crippen molar-refractivity contribution in [3.63, 3.8) is 0 Å². The fourth-order valence-corrected chi connectivity index (χ4v) is 3.26. The van der Waals surface area contributed by atoms with E-state index in [-0.39, 0.29) is 0 Å². The van der Waals surface area contributed by atoms with E-state index in [4.69, 9.17) is 11.6 Å². The second-order valence-corrected chi connectivity index (χ2v) is 6.26. The molecule has 0 aliphatic rings. The molecule has 0 aliphatic heterocycles. The Hall–Kier alpha value is -1.58. The van der Waals surface area contributed by atoms with E-state index in [1.54, 1.807) is 0 Å². The molecule has 0 spiro atoms. The molecule has 106 valence electrons. The van der Waals surface area contributed by atoms with Crippen molar-refractivity contribution in [2.45, 2.75) is 13.0 Å². The zero-order chi connectivity index (χ0) is 14.7. The van der Waals surface area contributed by atoms with Crippen LogP contribution in [-0.2, 0) is 13.0 Å². The fourth-order valence-electron chi connectivity index (χ4n) is 2.33. The van der Waals surface area contributed by atoms with Crippen LogP contribution in [0.25, 0.3) is 0 Å². The Morgan fingerprint density at radius 2 is 1.86 bits per heavy atom. The van der Waals surface area contributed by atoms with E-state index >= 15 is 0 Å². The quantitative estimate of drug-likeness (QED) is 0.643. The van der Waals surface area contributed by atoms with Gasteiger partial charge in [0.05, 0.1) is 0 Å². The predicted octanol–water partition coefficient (Wildman–Crippen LogP) is 4.94. The van der Waals surface area contributed by atoms with Crippen molar-refractivity contribution < 1.29 is 0 Å². The van der Waals surface area contributed by atoms with Gasteiger partial charge in [0.1, 0.15) is 5.82 Å². The zero-order valence-corrected chi connectivity index (χ0v) is 13.7. The third-order valence-electron chi connectivity index (χ3n) is 3.28. The number of hydrogen-bond donors (Lipinski definition) is 0. The van der Waals surface area contributed by atoms with E-state index in [2.05, 4.69) is 55.8 Å². The molecule has 4 heteroatoms. The lowest BCUT2D eigenvalue weighted by Gasteiger charge is -2.09. The van der Waals surface area contributed by atoms with Gasteiger partial charge in [-0.15, -0.1) is 0 Å². The lowest BCUT2D eigenvalue weighted by atomic mass is 10.1. The van der Waals surface area contributed by atoms with Crippen molar-refractivity contribution in [1.82, 2.24) is 9.55 Å². The van der Waals surface area contributed by atoms with E-state index in [1.165, 1.54) is 5.56 Å².